The van der Waals surface area contributed by atoms with Gasteiger partial charge < -0.3 is 10.2 Å². The maximum absolute atomic E-state index is 12.0. The molecule has 1 aromatic carbocycles. The first kappa shape index (κ1) is 14.0. The molecule has 0 aliphatic heterocycles. The van der Waals surface area contributed by atoms with Crippen LogP contribution in [0, 0.1) is 0 Å². The topological polar surface area (TPSA) is 62.3 Å². The van der Waals surface area contributed by atoms with Crippen molar-refractivity contribution in [3.8, 4) is 0 Å². The minimum atomic E-state index is -0.772. The molecule has 0 aliphatic carbocycles. The number of nitrogens with zero attached hydrogens (tertiary/aromatic N) is 2. The van der Waals surface area contributed by atoms with E-state index in [9.17, 15) is 9.59 Å². The van der Waals surface area contributed by atoms with Crippen molar-refractivity contribution < 1.29 is 9.59 Å². The molecule has 0 fully saturated rings. The highest BCUT2D eigenvalue weighted by Gasteiger charge is 2.20. The highest BCUT2D eigenvalue weighted by atomic mass is 35.5. The van der Waals surface area contributed by atoms with Gasteiger partial charge >= 0.3 is 11.8 Å². The lowest BCUT2D eigenvalue weighted by Crippen LogP contribution is -2.37. The fourth-order valence-corrected chi connectivity index (χ4v) is 1.74. The quantitative estimate of drug-likeness (QED) is 0.682. The van der Waals surface area contributed by atoms with Crippen LogP contribution in [0.15, 0.2) is 48.7 Å². The van der Waals surface area contributed by atoms with Gasteiger partial charge in [0.15, 0.2) is 5.15 Å². The van der Waals surface area contributed by atoms with Crippen LogP contribution in [0.2, 0.25) is 5.15 Å². The summed E-state index contributed by atoms with van der Waals surface area (Å²) in [6.07, 6.45) is 1.50. The number of nitrogens with one attached hydrogen (secondary N) is 1. The van der Waals surface area contributed by atoms with Gasteiger partial charge in [0.2, 0.25) is 0 Å². The largest absolute Gasteiger partial charge is 0.316 e. The molecule has 20 heavy (non-hydrogen) atoms. The second-order valence-corrected chi connectivity index (χ2v) is 4.35. The average molecular weight is 290 g/mol. The molecule has 0 aliphatic rings. The molecule has 2 aromatic rings. The van der Waals surface area contributed by atoms with Crippen LogP contribution in [0.25, 0.3) is 0 Å². The third-order valence-corrected chi connectivity index (χ3v) is 2.95. The summed E-state index contributed by atoms with van der Waals surface area (Å²) in [6.45, 7) is 0. The van der Waals surface area contributed by atoms with Crippen molar-refractivity contribution in [3.63, 3.8) is 0 Å². The summed E-state index contributed by atoms with van der Waals surface area (Å²) in [5.74, 6) is -1.46. The highest BCUT2D eigenvalue weighted by Crippen LogP contribution is 2.18. The van der Waals surface area contributed by atoms with Gasteiger partial charge in [0.05, 0.1) is 5.69 Å². The van der Waals surface area contributed by atoms with Crippen LogP contribution in [0.5, 0.6) is 0 Å². The Kier molecular flexibility index (Phi) is 4.32. The second-order valence-electron chi connectivity index (χ2n) is 4.00. The van der Waals surface area contributed by atoms with Crippen molar-refractivity contribution in [2.45, 2.75) is 0 Å². The van der Waals surface area contributed by atoms with E-state index in [1.807, 2.05) is 6.07 Å². The normalized spacial score (nSPS) is 9.90. The maximum Gasteiger partial charge on any atom is 0.316 e. The van der Waals surface area contributed by atoms with Crippen molar-refractivity contribution in [2.75, 3.05) is 17.3 Å². The van der Waals surface area contributed by atoms with E-state index in [1.54, 1.807) is 36.4 Å². The van der Waals surface area contributed by atoms with Crippen LogP contribution in [-0.4, -0.2) is 23.8 Å². The van der Waals surface area contributed by atoms with Crippen molar-refractivity contribution in [1.29, 1.82) is 0 Å². The first-order chi connectivity index (χ1) is 9.59. The molecule has 6 heteroatoms. The maximum atomic E-state index is 12.0. The zero-order valence-electron chi connectivity index (χ0n) is 10.7. The van der Waals surface area contributed by atoms with E-state index in [0.29, 0.717) is 11.4 Å². The Hall–Kier alpha value is -2.40. The van der Waals surface area contributed by atoms with Crippen molar-refractivity contribution in [2.24, 2.45) is 0 Å². The molecule has 0 saturated carbocycles. The number of amides is 2. The van der Waals surface area contributed by atoms with Crippen LogP contribution in [0.3, 0.4) is 0 Å². The Labute approximate surface area is 121 Å². The lowest BCUT2D eigenvalue weighted by atomic mass is 10.3. The SMILES string of the molecule is CN(C(=O)C(=O)Nc1cccnc1Cl)c1ccccc1. The van der Waals surface area contributed by atoms with Crippen LogP contribution in [0.4, 0.5) is 11.4 Å². The van der Waals surface area contributed by atoms with Crippen LogP contribution >= 0.6 is 11.6 Å². The summed E-state index contributed by atoms with van der Waals surface area (Å²) in [4.78, 5) is 29.0. The standard InChI is InChI=1S/C14H12ClN3O2/c1-18(10-6-3-2-4-7-10)14(20)13(19)17-11-8-5-9-16-12(11)15/h2-9H,1H3,(H,17,19). The third kappa shape index (κ3) is 3.13. The van der Waals surface area contributed by atoms with Gasteiger partial charge in [0, 0.05) is 18.9 Å². The molecule has 2 rings (SSSR count). The third-order valence-electron chi connectivity index (χ3n) is 2.65. The molecule has 0 saturated heterocycles. The zero-order valence-corrected chi connectivity index (χ0v) is 11.5. The van der Waals surface area contributed by atoms with Gasteiger partial charge in [-0.2, -0.15) is 0 Å². The van der Waals surface area contributed by atoms with Gasteiger partial charge in [0.1, 0.15) is 0 Å². The number of benzene rings is 1. The Morgan fingerprint density at radius 3 is 2.50 bits per heavy atom. The van der Waals surface area contributed by atoms with Crippen molar-refractivity contribution in [1.82, 2.24) is 4.98 Å². The molecule has 1 aromatic heterocycles. The predicted octanol–water partition coefficient (Wildman–Crippen LogP) is 2.34. The van der Waals surface area contributed by atoms with Gasteiger partial charge in [-0.1, -0.05) is 29.8 Å². The number of carbonyl (C=O) groups excluding carboxylic acids is 2. The molecular formula is C14H12ClN3O2. The summed E-state index contributed by atoms with van der Waals surface area (Å²) < 4.78 is 0. The first-order valence-corrected chi connectivity index (χ1v) is 6.22. The molecule has 0 spiro atoms. The Bertz CT molecular complexity index is 631. The molecule has 0 bridgehead atoms. The molecule has 1 heterocycles. The minimum absolute atomic E-state index is 0.135. The fourth-order valence-electron chi connectivity index (χ4n) is 1.58. The van der Waals surface area contributed by atoms with Crippen LogP contribution < -0.4 is 10.2 Å². The molecule has 0 atom stereocenters. The molecule has 0 unspecified atom stereocenters. The first-order valence-electron chi connectivity index (χ1n) is 5.84. The van der Waals surface area contributed by atoms with E-state index in [-0.39, 0.29) is 5.15 Å². The summed E-state index contributed by atoms with van der Waals surface area (Å²) in [7, 11) is 1.53. The summed E-state index contributed by atoms with van der Waals surface area (Å²) in [5.41, 5.74) is 0.930. The van der Waals surface area contributed by atoms with Gasteiger partial charge in [-0.15, -0.1) is 0 Å². The fraction of sp³-hybridized carbons (Fsp3) is 0.0714. The number of aromatic nitrogens is 1. The summed E-state index contributed by atoms with van der Waals surface area (Å²) in [5, 5.41) is 2.57. The molecule has 102 valence electrons. The number of anilines is 2. The van der Waals surface area contributed by atoms with E-state index in [4.69, 9.17) is 11.6 Å². The van der Waals surface area contributed by atoms with E-state index >= 15 is 0 Å². The van der Waals surface area contributed by atoms with E-state index < -0.39 is 11.8 Å². The van der Waals surface area contributed by atoms with Gasteiger partial charge in [0.25, 0.3) is 0 Å². The number of carbonyl (C=O) groups is 2. The van der Waals surface area contributed by atoms with E-state index in [2.05, 4.69) is 10.3 Å². The second kappa shape index (κ2) is 6.16. The smallest absolute Gasteiger partial charge is 0.315 e. The molecular weight excluding hydrogens is 278 g/mol. The zero-order chi connectivity index (χ0) is 14.5. The monoisotopic (exact) mass is 289 g/mol. The van der Waals surface area contributed by atoms with E-state index in [0.717, 1.165) is 0 Å². The minimum Gasteiger partial charge on any atom is -0.315 e. The average Bonchev–Trinajstić information content (AvgIpc) is 2.49. The van der Waals surface area contributed by atoms with Gasteiger partial charge in [-0.3, -0.25) is 9.59 Å². The lowest BCUT2D eigenvalue weighted by Gasteiger charge is -2.16. The van der Waals surface area contributed by atoms with Crippen LogP contribution in [0.1, 0.15) is 0 Å². The Balaban J connectivity index is 2.10. The van der Waals surface area contributed by atoms with E-state index in [1.165, 1.54) is 18.1 Å². The number of rotatable bonds is 2. The van der Waals surface area contributed by atoms with Gasteiger partial charge in [-0.05, 0) is 24.3 Å². The summed E-state index contributed by atoms with van der Waals surface area (Å²) >= 11 is 5.82. The number of hydrogen-bond donors (Lipinski definition) is 1. The number of para-hydroxylation sites is 1. The predicted molar refractivity (Wildman–Crippen MR) is 77.7 cm³/mol. The van der Waals surface area contributed by atoms with Crippen molar-refractivity contribution >= 4 is 34.8 Å². The highest BCUT2D eigenvalue weighted by molar-refractivity contribution is 6.45. The molecule has 5 nitrogen and oxygen atoms in total. The lowest BCUT2D eigenvalue weighted by molar-refractivity contribution is -0.134. The molecule has 2 amide bonds. The Morgan fingerprint density at radius 2 is 1.85 bits per heavy atom. The van der Waals surface area contributed by atoms with Crippen molar-refractivity contribution in [3.05, 3.63) is 53.8 Å². The summed E-state index contributed by atoms with van der Waals surface area (Å²) in [6, 6.07) is 12.1. The molecule has 1 N–H and O–H groups in total. The molecule has 0 radical (unpaired) electrons. The number of likely N-dealkylation sites (N-methyl/N-ethyl adjacent to an activating group) is 1. The number of hydrogen-bond acceptors (Lipinski definition) is 3. The number of pyridine rings is 1. The van der Waals surface area contributed by atoms with Gasteiger partial charge in [-0.25, -0.2) is 4.98 Å². The number of halogens is 1. The Morgan fingerprint density at radius 1 is 1.15 bits per heavy atom. The van der Waals surface area contributed by atoms with Crippen LogP contribution in [-0.2, 0) is 9.59 Å².